The second-order valence-corrected chi connectivity index (χ2v) is 24.9. The van der Waals surface area contributed by atoms with Gasteiger partial charge in [-0.25, -0.2) is 0 Å². The Bertz CT molecular complexity index is 4000. The molecule has 10 aromatic rings. The van der Waals surface area contributed by atoms with Crippen LogP contribution in [0.4, 0.5) is 22.7 Å². The summed E-state index contributed by atoms with van der Waals surface area (Å²) in [4.78, 5) is 0. The van der Waals surface area contributed by atoms with Crippen molar-refractivity contribution in [2.24, 2.45) is 0 Å². The first-order valence-electron chi connectivity index (χ1n) is 26.2. The Morgan fingerprint density at radius 3 is 1.09 bits per heavy atom. The molecule has 0 bridgehead atoms. The molecule has 6 nitrogen and oxygen atoms in total. The van der Waals surface area contributed by atoms with E-state index in [0.29, 0.717) is 0 Å². The molecule has 0 N–H and O–H groups in total. The average Bonchev–Trinajstić information content (AvgIpc) is 4.23. The molecule has 77 heavy (non-hydrogen) atoms. The third-order valence-corrected chi connectivity index (χ3v) is 21.0. The van der Waals surface area contributed by atoms with Gasteiger partial charge in [-0.3, -0.25) is 8.61 Å². The summed E-state index contributed by atoms with van der Waals surface area (Å²) in [5, 5.41) is 0. The maximum atomic E-state index is 7.60. The summed E-state index contributed by atoms with van der Waals surface area (Å²) in [6.45, 7) is 12.9. The molecule has 370 valence electrons. The van der Waals surface area contributed by atoms with Crippen molar-refractivity contribution in [1.29, 1.82) is 0 Å². The zero-order valence-electron chi connectivity index (χ0n) is 43.7. The summed E-state index contributed by atoms with van der Waals surface area (Å²) in [5.41, 5.74) is 24.8. The van der Waals surface area contributed by atoms with Crippen molar-refractivity contribution in [2.75, 3.05) is 21.1 Å². The number of hydrogen-bond acceptors (Lipinski definition) is 10. The molecule has 0 saturated carbocycles. The van der Waals surface area contributed by atoms with Crippen molar-refractivity contribution in [3.8, 4) is 79.4 Å². The topological polar surface area (TPSA) is 43.4 Å². The van der Waals surface area contributed by atoms with E-state index in [4.69, 9.17) is 18.9 Å². The zero-order chi connectivity index (χ0) is 51.9. The van der Waals surface area contributed by atoms with Gasteiger partial charge >= 0.3 is 0 Å². The largest absolute Gasteiger partial charge is 0.458 e. The van der Waals surface area contributed by atoms with Crippen LogP contribution in [-0.2, 0) is 0 Å². The minimum Gasteiger partial charge on any atom is -0.458 e. The van der Waals surface area contributed by atoms with Gasteiger partial charge in [0.25, 0.3) is 20.1 Å². The zero-order valence-corrected chi connectivity index (χ0v) is 46.9. The molecule has 6 aliphatic rings. The molecule has 0 saturated heterocycles. The standard InChI is InChI=1S/C64H47B3N2O4S4/c1-32-16-13-17-33(2)51(32)38-26-43-54-44(27-38)69(75-8)58-60-64(66-42-23-10-12-25-46(42)71-48-29-40(31-50(73-60)56(48)66)53-36(5)20-15-21-37(53)6)77-62(58)67(54)61-57(68(43)74-7)59-63(76-61)65-41-22-9-11-24-45(41)70-47-28-39(30-49(72-59)55(47)65)52-34(3)18-14-19-35(52)4/h9-31H,1-8H3. The lowest BCUT2D eigenvalue weighted by Gasteiger charge is -2.41. The van der Waals surface area contributed by atoms with Gasteiger partial charge in [-0.05, 0) is 197 Å². The highest BCUT2D eigenvalue weighted by molar-refractivity contribution is 8.00. The van der Waals surface area contributed by atoms with Crippen LogP contribution in [0.5, 0.6) is 46.0 Å². The van der Waals surface area contributed by atoms with Crippen LogP contribution in [0.2, 0.25) is 0 Å². The van der Waals surface area contributed by atoms with Crippen molar-refractivity contribution in [3.63, 3.8) is 0 Å². The predicted molar refractivity (Wildman–Crippen MR) is 331 cm³/mol. The maximum absolute atomic E-state index is 7.60. The fourth-order valence-corrected chi connectivity index (χ4v) is 18.3. The van der Waals surface area contributed by atoms with E-state index in [1.807, 2.05) is 22.7 Å². The monoisotopic (exact) mass is 1070 g/mol. The molecule has 0 spiro atoms. The van der Waals surface area contributed by atoms with E-state index in [1.165, 1.54) is 91.6 Å². The number of anilines is 4. The van der Waals surface area contributed by atoms with Gasteiger partial charge < -0.3 is 18.9 Å². The first-order chi connectivity index (χ1) is 37.6. The Morgan fingerprint density at radius 1 is 0.364 bits per heavy atom. The highest BCUT2D eigenvalue weighted by Gasteiger charge is 2.54. The number of rotatable bonds is 5. The Labute approximate surface area is 466 Å². The third-order valence-electron chi connectivity index (χ3n) is 16.9. The average molecular weight is 1070 g/mol. The number of thiophene rings is 2. The van der Waals surface area contributed by atoms with Crippen molar-refractivity contribution < 1.29 is 18.9 Å². The Balaban J connectivity index is 0.976. The second-order valence-electron chi connectivity index (χ2n) is 21.3. The normalized spacial score (nSPS) is 14.1. The summed E-state index contributed by atoms with van der Waals surface area (Å²) in [5.74, 6) is 6.99. The molecular formula is C64H47B3N2O4S4. The molecule has 0 amide bonds. The Morgan fingerprint density at radius 2 is 0.714 bits per heavy atom. The molecule has 6 aliphatic heterocycles. The Kier molecular flexibility index (Phi) is 9.96. The van der Waals surface area contributed by atoms with Crippen LogP contribution in [0.25, 0.3) is 33.4 Å². The smallest absolute Gasteiger partial charge is 0.277 e. The fraction of sp³-hybridized carbons (Fsp3) is 0.125. The molecule has 13 heteroatoms. The molecule has 0 atom stereocenters. The van der Waals surface area contributed by atoms with Gasteiger partial charge in [-0.15, -0.1) is 0 Å². The molecule has 16 rings (SSSR count). The van der Waals surface area contributed by atoms with E-state index < -0.39 is 0 Å². The van der Waals surface area contributed by atoms with Gasteiger partial charge in [0.1, 0.15) is 45.9 Å². The minimum atomic E-state index is -0.132. The summed E-state index contributed by atoms with van der Waals surface area (Å²) < 4.78 is 39.0. The maximum Gasteiger partial charge on any atom is 0.277 e. The Hall–Kier alpha value is -7.15. The van der Waals surface area contributed by atoms with Crippen LogP contribution < -0.4 is 74.0 Å². The SMILES string of the molecule is CSN1c2cc(-c3c(C)cccc3C)cc3c2B(c2sc4c(c21)Oc1cc(-c2c(C)cccc2C)cc2c1B4c1ccccc1O2)c1sc2c(c1N3SC)Oc1cc(-c3c(C)cccc3C)cc3c1B2c1ccccc1O3. The van der Waals surface area contributed by atoms with Gasteiger partial charge in [-0.1, -0.05) is 91.0 Å². The molecule has 0 aliphatic carbocycles. The summed E-state index contributed by atoms with van der Waals surface area (Å²) >= 11 is 7.33. The second kappa shape index (κ2) is 16.7. The predicted octanol–water partition coefficient (Wildman–Crippen LogP) is 12.1. The number of nitrogens with zero attached hydrogens (tertiary/aromatic N) is 2. The first kappa shape index (κ1) is 46.0. The van der Waals surface area contributed by atoms with E-state index in [9.17, 15) is 0 Å². The molecule has 0 fully saturated rings. The number of fused-ring (bicyclic) bond motifs is 14. The molecular weight excluding hydrogens is 1020 g/mol. The van der Waals surface area contributed by atoms with Crippen LogP contribution >= 0.6 is 46.6 Å². The highest BCUT2D eigenvalue weighted by Crippen LogP contribution is 2.54. The summed E-state index contributed by atoms with van der Waals surface area (Å²) in [7, 11) is 0. The van der Waals surface area contributed by atoms with E-state index in [2.05, 4.69) is 202 Å². The van der Waals surface area contributed by atoms with E-state index in [-0.39, 0.29) is 20.1 Å². The molecule has 8 aromatic carbocycles. The molecule has 0 unspecified atom stereocenters. The quantitative estimate of drug-likeness (QED) is 0.125. The van der Waals surface area contributed by atoms with E-state index in [0.717, 1.165) is 90.3 Å². The number of hydrogen-bond donors (Lipinski definition) is 0. The first-order valence-corrected chi connectivity index (χ1v) is 30.2. The lowest BCUT2D eigenvalue weighted by molar-refractivity contribution is 0.466. The number of ether oxygens (including phenoxy) is 4. The van der Waals surface area contributed by atoms with Gasteiger partial charge in [0.05, 0.1) is 11.4 Å². The lowest BCUT2D eigenvalue weighted by atomic mass is 9.37. The van der Waals surface area contributed by atoms with Crippen molar-refractivity contribution in [2.45, 2.75) is 41.5 Å². The van der Waals surface area contributed by atoms with E-state index in [1.54, 1.807) is 23.9 Å². The van der Waals surface area contributed by atoms with Crippen LogP contribution in [0.15, 0.2) is 140 Å². The van der Waals surface area contributed by atoms with Gasteiger partial charge in [-0.2, -0.15) is 22.7 Å². The van der Waals surface area contributed by atoms with Crippen LogP contribution in [0.1, 0.15) is 33.4 Å². The minimum absolute atomic E-state index is 0.101. The highest BCUT2D eigenvalue weighted by atomic mass is 32.2. The van der Waals surface area contributed by atoms with Gasteiger partial charge in [0.2, 0.25) is 0 Å². The van der Waals surface area contributed by atoms with Crippen molar-refractivity contribution in [1.82, 2.24) is 0 Å². The fourth-order valence-electron chi connectivity index (χ4n) is 13.8. The lowest BCUT2D eigenvalue weighted by Crippen LogP contribution is -2.59. The van der Waals surface area contributed by atoms with E-state index >= 15 is 0 Å². The molecule has 2 aromatic heterocycles. The van der Waals surface area contributed by atoms with Crippen molar-refractivity contribution in [3.05, 3.63) is 173 Å². The molecule has 8 heterocycles. The number of aryl methyl sites for hydroxylation is 6. The van der Waals surface area contributed by atoms with Crippen LogP contribution in [-0.4, -0.2) is 32.6 Å². The van der Waals surface area contributed by atoms with Crippen LogP contribution in [0.3, 0.4) is 0 Å². The third kappa shape index (κ3) is 6.31. The van der Waals surface area contributed by atoms with Crippen molar-refractivity contribution >= 4 is 136 Å². The summed E-state index contributed by atoms with van der Waals surface area (Å²) in [6.07, 6.45) is 4.43. The summed E-state index contributed by atoms with van der Waals surface area (Å²) in [6, 6.07) is 50.9. The van der Waals surface area contributed by atoms with Gasteiger partial charge in [0, 0.05) is 42.5 Å². The van der Waals surface area contributed by atoms with Crippen LogP contribution in [0, 0.1) is 41.5 Å². The number of benzene rings is 8. The number of para-hydroxylation sites is 2. The molecule has 0 radical (unpaired) electrons. The van der Waals surface area contributed by atoms with Gasteiger partial charge in [0.15, 0.2) is 11.5 Å².